The number of rotatable bonds is 40. The first-order valence-corrected chi connectivity index (χ1v) is 23.1. The van der Waals surface area contributed by atoms with Crippen LogP contribution in [0.25, 0.3) is 0 Å². The van der Waals surface area contributed by atoms with E-state index in [-0.39, 0.29) is 19.4 Å². The lowest BCUT2D eigenvalue weighted by atomic mass is 10.0. The Hall–Kier alpha value is -2.25. The van der Waals surface area contributed by atoms with Gasteiger partial charge in [-0.2, -0.15) is 0 Å². The molecule has 54 heavy (non-hydrogen) atoms. The monoisotopic (exact) mass is 765 g/mol. The van der Waals surface area contributed by atoms with E-state index in [0.29, 0.717) is 12.8 Å². The minimum atomic E-state index is -1.40. The number of carbonyl (C=O) groups is 3. The van der Waals surface area contributed by atoms with E-state index in [1.807, 2.05) is 0 Å². The third-order valence-electron chi connectivity index (χ3n) is 10.9. The molecule has 1 heterocycles. The van der Waals surface area contributed by atoms with Gasteiger partial charge in [-0.3, -0.25) is 9.59 Å². The molecule has 0 radical (unpaired) electrons. The predicted molar refractivity (Wildman–Crippen MR) is 221 cm³/mol. The normalized spacial score (nSPS) is 14.8. The highest BCUT2D eigenvalue weighted by Gasteiger charge is 2.42. The van der Waals surface area contributed by atoms with Gasteiger partial charge in [0.15, 0.2) is 11.9 Å². The highest BCUT2D eigenvalue weighted by Crippen LogP contribution is 2.24. The standard InChI is InChI=1S/C46H84O8/c1-3-5-7-9-11-13-15-17-19-21-23-25-27-29-31-33-35-37-41(47)52-39-40(45-43(49)44(50)46(51)54-45)53-42(48)38-36-34-32-30-28-26-24-22-20-18-16-14-12-10-8-6-4-2/h40,45,49-50H,3-39H2,1-2H3/t40-,45+/m0/s1. The number of esters is 3. The molecule has 0 aromatic heterocycles. The van der Waals surface area contributed by atoms with Gasteiger partial charge in [-0.05, 0) is 12.8 Å². The van der Waals surface area contributed by atoms with Crippen molar-refractivity contribution in [1.82, 2.24) is 0 Å². The lowest BCUT2D eigenvalue weighted by Gasteiger charge is -2.22. The minimum Gasteiger partial charge on any atom is -0.505 e. The van der Waals surface area contributed by atoms with Crippen molar-refractivity contribution in [2.75, 3.05) is 6.61 Å². The molecule has 0 bridgehead atoms. The van der Waals surface area contributed by atoms with Gasteiger partial charge in [0.25, 0.3) is 0 Å². The quantitative estimate of drug-likeness (QED) is 0.0359. The van der Waals surface area contributed by atoms with E-state index in [9.17, 15) is 24.6 Å². The average Bonchev–Trinajstić information content (AvgIpc) is 3.42. The van der Waals surface area contributed by atoms with E-state index in [1.54, 1.807) is 0 Å². The van der Waals surface area contributed by atoms with Crippen LogP contribution in [0.5, 0.6) is 0 Å². The van der Waals surface area contributed by atoms with E-state index in [0.717, 1.165) is 32.1 Å². The number of hydrogen-bond donors (Lipinski definition) is 2. The largest absolute Gasteiger partial charge is 0.505 e. The van der Waals surface area contributed by atoms with Crippen LogP contribution >= 0.6 is 0 Å². The maximum Gasteiger partial charge on any atom is 0.378 e. The van der Waals surface area contributed by atoms with Gasteiger partial charge in [-0.25, -0.2) is 4.79 Å². The Bertz CT molecular complexity index is 947. The first-order chi connectivity index (χ1) is 26.4. The molecule has 2 N–H and O–H groups in total. The fourth-order valence-electron chi connectivity index (χ4n) is 7.36. The molecule has 1 aliphatic rings. The molecule has 0 aromatic carbocycles. The van der Waals surface area contributed by atoms with Crippen molar-refractivity contribution >= 4 is 17.9 Å². The third kappa shape index (κ3) is 28.2. The molecule has 8 heteroatoms. The number of carbonyl (C=O) groups excluding carboxylic acids is 3. The lowest BCUT2D eigenvalue weighted by molar-refractivity contribution is -0.171. The van der Waals surface area contributed by atoms with Gasteiger partial charge in [-0.1, -0.05) is 219 Å². The Morgan fingerprint density at radius 3 is 1.09 bits per heavy atom. The SMILES string of the molecule is CCCCCCCCCCCCCCCCCCCC(=O)OC[C@H](OC(=O)CCCCCCCCCCCCCCCCCCC)[C@H]1OC(=O)C(O)=C1O. The molecule has 2 atom stereocenters. The van der Waals surface area contributed by atoms with Crippen molar-refractivity contribution in [2.45, 2.75) is 257 Å². The zero-order valence-electron chi connectivity index (χ0n) is 35.2. The summed E-state index contributed by atoms with van der Waals surface area (Å²) in [6, 6.07) is 0. The van der Waals surface area contributed by atoms with Gasteiger partial charge in [-0.15, -0.1) is 0 Å². The summed E-state index contributed by atoms with van der Waals surface area (Å²) >= 11 is 0. The van der Waals surface area contributed by atoms with E-state index in [2.05, 4.69) is 13.8 Å². The van der Waals surface area contributed by atoms with Gasteiger partial charge >= 0.3 is 17.9 Å². The van der Waals surface area contributed by atoms with Crippen LogP contribution in [0, 0.1) is 0 Å². The molecule has 0 aliphatic carbocycles. The van der Waals surface area contributed by atoms with E-state index >= 15 is 0 Å². The zero-order chi connectivity index (χ0) is 39.3. The number of ether oxygens (including phenoxy) is 3. The van der Waals surface area contributed by atoms with Crippen molar-refractivity contribution in [3.05, 3.63) is 11.5 Å². The fraction of sp³-hybridized carbons (Fsp3) is 0.891. The van der Waals surface area contributed by atoms with Crippen LogP contribution < -0.4 is 0 Å². The summed E-state index contributed by atoms with van der Waals surface area (Å²) in [6.07, 6.45) is 40.6. The first-order valence-electron chi connectivity index (χ1n) is 23.1. The summed E-state index contributed by atoms with van der Waals surface area (Å²) in [5.74, 6) is -3.66. The molecule has 0 saturated carbocycles. The maximum atomic E-state index is 12.7. The summed E-state index contributed by atoms with van der Waals surface area (Å²) in [7, 11) is 0. The molecule has 0 unspecified atom stereocenters. The van der Waals surface area contributed by atoms with Crippen LogP contribution in [0.1, 0.15) is 245 Å². The zero-order valence-corrected chi connectivity index (χ0v) is 35.2. The minimum absolute atomic E-state index is 0.180. The molecule has 1 aliphatic heterocycles. The fourth-order valence-corrected chi connectivity index (χ4v) is 7.36. The van der Waals surface area contributed by atoms with Crippen LogP contribution in [-0.4, -0.2) is 46.9 Å². The van der Waals surface area contributed by atoms with Crippen molar-refractivity contribution in [3.8, 4) is 0 Å². The predicted octanol–water partition coefficient (Wildman–Crippen LogP) is 13.8. The van der Waals surface area contributed by atoms with Crippen LogP contribution in [0.3, 0.4) is 0 Å². The Morgan fingerprint density at radius 1 is 0.500 bits per heavy atom. The summed E-state index contributed by atoms with van der Waals surface area (Å²) in [6.45, 7) is 4.17. The summed E-state index contributed by atoms with van der Waals surface area (Å²) in [5, 5.41) is 20.0. The molecule has 0 saturated heterocycles. The molecule has 0 aromatic rings. The Labute approximate surface area is 331 Å². The molecule has 0 amide bonds. The van der Waals surface area contributed by atoms with Crippen molar-refractivity contribution in [2.24, 2.45) is 0 Å². The third-order valence-corrected chi connectivity index (χ3v) is 10.9. The van der Waals surface area contributed by atoms with Crippen LogP contribution in [-0.2, 0) is 28.6 Å². The maximum absolute atomic E-state index is 12.7. The van der Waals surface area contributed by atoms with Crippen LogP contribution in [0.2, 0.25) is 0 Å². The van der Waals surface area contributed by atoms with Crippen LogP contribution in [0.15, 0.2) is 11.5 Å². The Morgan fingerprint density at radius 2 is 0.796 bits per heavy atom. The summed E-state index contributed by atoms with van der Waals surface area (Å²) in [4.78, 5) is 37.0. The molecular weight excluding hydrogens is 680 g/mol. The highest BCUT2D eigenvalue weighted by molar-refractivity contribution is 5.89. The Kier molecular flexibility index (Phi) is 33.5. The van der Waals surface area contributed by atoms with Gasteiger partial charge in [0.2, 0.25) is 11.9 Å². The summed E-state index contributed by atoms with van der Waals surface area (Å²) in [5.41, 5.74) is 0. The number of cyclic esters (lactones) is 1. The van der Waals surface area contributed by atoms with Crippen molar-refractivity contribution < 1.29 is 38.8 Å². The first kappa shape index (κ1) is 49.8. The highest BCUT2D eigenvalue weighted by atomic mass is 16.6. The van der Waals surface area contributed by atoms with E-state index < -0.39 is 41.6 Å². The number of hydrogen-bond acceptors (Lipinski definition) is 8. The molecule has 0 fully saturated rings. The van der Waals surface area contributed by atoms with Gasteiger partial charge < -0.3 is 24.4 Å². The smallest absolute Gasteiger partial charge is 0.378 e. The van der Waals surface area contributed by atoms with E-state index in [4.69, 9.17) is 14.2 Å². The summed E-state index contributed by atoms with van der Waals surface area (Å²) < 4.78 is 15.9. The molecular formula is C46H84O8. The second kappa shape index (κ2) is 36.4. The van der Waals surface area contributed by atoms with Crippen molar-refractivity contribution in [3.63, 3.8) is 0 Å². The average molecular weight is 765 g/mol. The van der Waals surface area contributed by atoms with E-state index in [1.165, 1.54) is 173 Å². The molecule has 316 valence electrons. The second-order valence-corrected chi connectivity index (χ2v) is 16.1. The topological polar surface area (TPSA) is 119 Å². The lowest BCUT2D eigenvalue weighted by Crippen LogP contribution is -2.38. The van der Waals surface area contributed by atoms with Crippen molar-refractivity contribution in [1.29, 1.82) is 0 Å². The Balaban J connectivity index is 2.12. The molecule has 1 rings (SSSR count). The van der Waals surface area contributed by atoms with Gasteiger partial charge in [0.05, 0.1) is 0 Å². The van der Waals surface area contributed by atoms with Gasteiger partial charge in [0, 0.05) is 12.8 Å². The number of aliphatic hydroxyl groups is 2. The molecule has 8 nitrogen and oxygen atoms in total. The van der Waals surface area contributed by atoms with Gasteiger partial charge in [0.1, 0.15) is 6.61 Å². The van der Waals surface area contributed by atoms with Crippen LogP contribution in [0.4, 0.5) is 0 Å². The number of unbranched alkanes of at least 4 members (excludes halogenated alkanes) is 32. The number of aliphatic hydroxyl groups excluding tert-OH is 2. The molecule has 0 spiro atoms. The second-order valence-electron chi connectivity index (χ2n) is 16.1.